The van der Waals surface area contributed by atoms with Gasteiger partial charge in [0.15, 0.2) is 0 Å². The van der Waals surface area contributed by atoms with Crippen molar-refractivity contribution in [2.24, 2.45) is 11.8 Å². The first-order chi connectivity index (χ1) is 4.72. The highest BCUT2D eigenvalue weighted by Gasteiger charge is 2.24. The second-order valence-electron chi connectivity index (χ2n) is 3.27. The van der Waals surface area contributed by atoms with Crippen molar-refractivity contribution in [1.82, 2.24) is 0 Å². The third-order valence-electron chi connectivity index (χ3n) is 2.18. The smallest absolute Gasteiger partial charge is 0.147 e. The van der Waals surface area contributed by atoms with Crippen LogP contribution in [-0.2, 0) is 9.47 Å². The molecule has 1 saturated heterocycles. The van der Waals surface area contributed by atoms with Crippen molar-refractivity contribution in [3.8, 4) is 0 Å². The predicted molar refractivity (Wildman–Crippen MR) is 39.7 cm³/mol. The Morgan fingerprint density at radius 2 is 2.10 bits per heavy atom. The van der Waals surface area contributed by atoms with Gasteiger partial charge in [-0.15, -0.1) is 0 Å². The molecule has 0 N–H and O–H groups in total. The third-order valence-corrected chi connectivity index (χ3v) is 2.18. The number of hydrogen-bond donors (Lipinski definition) is 0. The van der Waals surface area contributed by atoms with Crippen molar-refractivity contribution < 1.29 is 9.47 Å². The van der Waals surface area contributed by atoms with Crippen molar-refractivity contribution in [2.45, 2.75) is 26.9 Å². The first-order valence-electron chi connectivity index (χ1n) is 3.91. The maximum Gasteiger partial charge on any atom is 0.147 e. The molecule has 2 unspecified atom stereocenters. The second-order valence-corrected chi connectivity index (χ2v) is 3.27. The Labute approximate surface area is 62.5 Å². The Balaban J connectivity index is 2.40. The third kappa shape index (κ3) is 1.70. The van der Waals surface area contributed by atoms with Gasteiger partial charge in [-0.25, -0.2) is 0 Å². The minimum atomic E-state index is 0.369. The number of ether oxygens (including phenoxy) is 2. The predicted octanol–water partition coefficient (Wildman–Crippen LogP) is 1.65. The fourth-order valence-corrected chi connectivity index (χ4v) is 1.33. The highest BCUT2D eigenvalue weighted by atomic mass is 16.7. The van der Waals surface area contributed by atoms with Gasteiger partial charge in [-0.05, 0) is 12.8 Å². The lowest BCUT2D eigenvalue weighted by Crippen LogP contribution is -2.35. The van der Waals surface area contributed by atoms with E-state index in [0.29, 0.717) is 24.7 Å². The van der Waals surface area contributed by atoms with E-state index in [1.165, 1.54) is 0 Å². The Hall–Kier alpha value is -0.0800. The van der Waals surface area contributed by atoms with Crippen LogP contribution >= 0.6 is 0 Å². The highest BCUT2D eigenvalue weighted by molar-refractivity contribution is 4.70. The number of hydrogen-bond acceptors (Lipinski definition) is 2. The molecule has 60 valence electrons. The molecule has 0 aromatic carbocycles. The summed E-state index contributed by atoms with van der Waals surface area (Å²) in [5.41, 5.74) is 0. The Bertz CT molecular complexity index is 101. The average molecular weight is 144 g/mol. The van der Waals surface area contributed by atoms with Crippen LogP contribution in [-0.4, -0.2) is 19.5 Å². The quantitative estimate of drug-likeness (QED) is 0.557. The molecular formula is C8H16O2. The van der Waals surface area contributed by atoms with E-state index in [1.807, 2.05) is 0 Å². The summed E-state index contributed by atoms with van der Waals surface area (Å²) >= 11 is 0. The van der Waals surface area contributed by atoms with Crippen molar-refractivity contribution in [1.29, 1.82) is 0 Å². The van der Waals surface area contributed by atoms with E-state index in [1.54, 1.807) is 0 Å². The van der Waals surface area contributed by atoms with Gasteiger partial charge in [0.25, 0.3) is 0 Å². The molecule has 0 saturated carbocycles. The van der Waals surface area contributed by atoms with Gasteiger partial charge < -0.3 is 9.47 Å². The lowest BCUT2D eigenvalue weighted by Gasteiger charge is -2.31. The molecule has 1 heterocycles. The molecule has 0 radical (unpaired) electrons. The van der Waals surface area contributed by atoms with Crippen LogP contribution in [0.25, 0.3) is 0 Å². The van der Waals surface area contributed by atoms with E-state index in [-0.39, 0.29) is 0 Å². The first kappa shape index (κ1) is 8.02. The molecule has 1 fully saturated rings. The second kappa shape index (κ2) is 3.35. The highest BCUT2D eigenvalue weighted by Crippen LogP contribution is 2.21. The normalized spacial score (nSPS) is 34.8. The molecule has 10 heavy (non-hydrogen) atoms. The molecular weight excluding hydrogens is 128 g/mol. The Morgan fingerprint density at radius 3 is 2.50 bits per heavy atom. The van der Waals surface area contributed by atoms with Crippen LogP contribution in [0.4, 0.5) is 0 Å². The molecule has 2 heteroatoms. The molecule has 1 aliphatic rings. The van der Waals surface area contributed by atoms with Gasteiger partial charge in [0.2, 0.25) is 0 Å². The summed E-state index contributed by atoms with van der Waals surface area (Å²) < 4.78 is 10.5. The van der Waals surface area contributed by atoms with Gasteiger partial charge in [0.05, 0.1) is 12.7 Å². The van der Waals surface area contributed by atoms with Crippen LogP contribution in [0.1, 0.15) is 20.8 Å². The summed E-state index contributed by atoms with van der Waals surface area (Å²) in [6, 6.07) is 0. The zero-order valence-electron chi connectivity index (χ0n) is 6.96. The fourth-order valence-electron chi connectivity index (χ4n) is 1.33. The van der Waals surface area contributed by atoms with Crippen LogP contribution < -0.4 is 0 Å². The molecule has 0 aromatic heterocycles. The van der Waals surface area contributed by atoms with E-state index in [0.717, 1.165) is 6.61 Å². The molecule has 1 aliphatic heterocycles. The van der Waals surface area contributed by atoms with Crippen LogP contribution in [0, 0.1) is 11.8 Å². The zero-order chi connectivity index (χ0) is 7.56. The minimum absolute atomic E-state index is 0.369. The molecule has 0 aromatic rings. The topological polar surface area (TPSA) is 18.5 Å². The standard InChI is InChI=1S/C8H16O2/c1-6(2)8-4-9-5-10-7(8)3/h6-8H,4-5H2,1-3H3. The molecule has 0 bridgehead atoms. The summed E-state index contributed by atoms with van der Waals surface area (Å²) in [5, 5.41) is 0. The molecule has 0 aliphatic carbocycles. The molecule has 0 amide bonds. The molecule has 1 rings (SSSR count). The van der Waals surface area contributed by atoms with E-state index >= 15 is 0 Å². The summed E-state index contributed by atoms with van der Waals surface area (Å²) in [7, 11) is 0. The maximum atomic E-state index is 5.33. The van der Waals surface area contributed by atoms with Crippen LogP contribution in [0.3, 0.4) is 0 Å². The van der Waals surface area contributed by atoms with Gasteiger partial charge >= 0.3 is 0 Å². The van der Waals surface area contributed by atoms with Crippen molar-refractivity contribution in [2.75, 3.05) is 13.4 Å². The SMILES string of the molecule is CC(C)C1COCOC1C. The largest absolute Gasteiger partial charge is 0.355 e. The molecule has 2 nitrogen and oxygen atoms in total. The van der Waals surface area contributed by atoms with Crippen LogP contribution in [0.15, 0.2) is 0 Å². The van der Waals surface area contributed by atoms with Crippen LogP contribution in [0.5, 0.6) is 0 Å². The van der Waals surface area contributed by atoms with Gasteiger partial charge in [0, 0.05) is 5.92 Å². The van der Waals surface area contributed by atoms with E-state index < -0.39 is 0 Å². The van der Waals surface area contributed by atoms with Crippen molar-refractivity contribution in [3.05, 3.63) is 0 Å². The lowest BCUT2D eigenvalue weighted by atomic mass is 9.91. The van der Waals surface area contributed by atoms with Crippen LogP contribution in [0.2, 0.25) is 0 Å². The maximum absolute atomic E-state index is 5.33. The van der Waals surface area contributed by atoms with Crippen molar-refractivity contribution >= 4 is 0 Å². The van der Waals surface area contributed by atoms with E-state index in [9.17, 15) is 0 Å². The fraction of sp³-hybridized carbons (Fsp3) is 1.00. The lowest BCUT2D eigenvalue weighted by molar-refractivity contribution is -0.172. The summed E-state index contributed by atoms with van der Waals surface area (Å²) in [6.45, 7) is 7.87. The average Bonchev–Trinajstić information content (AvgIpc) is 1.88. The summed E-state index contributed by atoms with van der Waals surface area (Å²) in [4.78, 5) is 0. The number of rotatable bonds is 1. The first-order valence-corrected chi connectivity index (χ1v) is 3.91. The Morgan fingerprint density at radius 1 is 1.40 bits per heavy atom. The van der Waals surface area contributed by atoms with Gasteiger partial charge in [-0.2, -0.15) is 0 Å². The molecule has 0 spiro atoms. The minimum Gasteiger partial charge on any atom is -0.355 e. The summed E-state index contributed by atoms with van der Waals surface area (Å²) in [6.07, 6.45) is 0.369. The van der Waals surface area contributed by atoms with E-state index in [2.05, 4.69) is 20.8 Å². The van der Waals surface area contributed by atoms with Gasteiger partial charge in [-0.3, -0.25) is 0 Å². The molecule has 2 atom stereocenters. The van der Waals surface area contributed by atoms with E-state index in [4.69, 9.17) is 9.47 Å². The van der Waals surface area contributed by atoms with Gasteiger partial charge in [0.1, 0.15) is 6.79 Å². The Kier molecular flexibility index (Phi) is 2.69. The zero-order valence-corrected chi connectivity index (χ0v) is 6.96. The van der Waals surface area contributed by atoms with Crippen molar-refractivity contribution in [3.63, 3.8) is 0 Å². The van der Waals surface area contributed by atoms with Gasteiger partial charge in [-0.1, -0.05) is 13.8 Å². The monoisotopic (exact) mass is 144 g/mol. The summed E-state index contributed by atoms with van der Waals surface area (Å²) in [5.74, 6) is 1.24.